The summed E-state index contributed by atoms with van der Waals surface area (Å²) in [6.45, 7) is 8.67. The lowest BCUT2D eigenvalue weighted by molar-refractivity contribution is -0.116. The number of rotatable bonds is 8. The molecule has 1 aromatic carbocycles. The molecule has 0 saturated heterocycles. The van der Waals surface area contributed by atoms with Gasteiger partial charge in [0.1, 0.15) is 0 Å². The molecule has 0 amide bonds. The number of benzene rings is 1. The monoisotopic (exact) mass is 523 g/mol. The summed E-state index contributed by atoms with van der Waals surface area (Å²) in [7, 11) is 1.46. The number of ketones is 2. The summed E-state index contributed by atoms with van der Waals surface area (Å²) < 4.78 is 5.16. The minimum absolute atomic E-state index is 0.0129. The molecule has 1 N–H and O–H groups in total. The second-order valence-electron chi connectivity index (χ2n) is 11.1. The SMILES string of the molecule is COc1cc(/C=C/C(=O)/C(=C/c2ccc3c(n2)C=CCC3C)C(=O)/C=C/C2=C(C)CCCC2(C)C)ccc1O. The lowest BCUT2D eigenvalue weighted by Gasteiger charge is -2.32. The fourth-order valence-corrected chi connectivity index (χ4v) is 5.37. The van der Waals surface area contributed by atoms with E-state index < -0.39 is 5.78 Å². The molecule has 0 saturated carbocycles. The Balaban J connectivity index is 1.70. The van der Waals surface area contributed by atoms with Gasteiger partial charge < -0.3 is 9.84 Å². The summed E-state index contributed by atoms with van der Waals surface area (Å²) in [6.07, 6.45) is 16.2. The highest BCUT2D eigenvalue weighted by molar-refractivity contribution is 6.30. The van der Waals surface area contributed by atoms with Gasteiger partial charge in [-0.2, -0.15) is 0 Å². The van der Waals surface area contributed by atoms with E-state index in [9.17, 15) is 14.7 Å². The fourth-order valence-electron chi connectivity index (χ4n) is 5.37. The zero-order chi connectivity index (χ0) is 28.2. The number of aromatic nitrogens is 1. The van der Waals surface area contributed by atoms with Crippen LogP contribution in [-0.4, -0.2) is 28.8 Å². The van der Waals surface area contributed by atoms with Crippen molar-refractivity contribution in [2.24, 2.45) is 5.41 Å². The third-order valence-electron chi connectivity index (χ3n) is 7.67. The summed E-state index contributed by atoms with van der Waals surface area (Å²) in [4.78, 5) is 31.7. The molecule has 1 aromatic heterocycles. The van der Waals surface area contributed by atoms with Gasteiger partial charge in [-0.05, 0) is 103 Å². The van der Waals surface area contributed by atoms with Crippen molar-refractivity contribution in [3.05, 3.63) is 93.9 Å². The Morgan fingerprint density at radius 3 is 2.56 bits per heavy atom. The van der Waals surface area contributed by atoms with Gasteiger partial charge in [0, 0.05) is 0 Å². The molecule has 0 fully saturated rings. The Morgan fingerprint density at radius 1 is 1.10 bits per heavy atom. The summed E-state index contributed by atoms with van der Waals surface area (Å²) >= 11 is 0. The number of carbonyl (C=O) groups is 2. The molecule has 5 heteroatoms. The van der Waals surface area contributed by atoms with Crippen LogP contribution in [0.5, 0.6) is 11.5 Å². The number of pyridine rings is 1. The van der Waals surface area contributed by atoms with Gasteiger partial charge in [-0.3, -0.25) is 9.59 Å². The van der Waals surface area contributed by atoms with E-state index in [0.717, 1.165) is 42.5 Å². The summed E-state index contributed by atoms with van der Waals surface area (Å²) in [6, 6.07) is 8.70. The van der Waals surface area contributed by atoms with E-state index in [-0.39, 0.29) is 22.5 Å². The Hall–Kier alpha value is -3.99. The van der Waals surface area contributed by atoms with Crippen LogP contribution in [0, 0.1) is 5.41 Å². The van der Waals surface area contributed by atoms with E-state index in [1.165, 1.54) is 30.9 Å². The molecular formula is C34H37NO4. The molecule has 2 aliphatic rings. The molecule has 5 nitrogen and oxygen atoms in total. The summed E-state index contributed by atoms with van der Waals surface area (Å²) in [5.74, 6) is -0.0915. The minimum Gasteiger partial charge on any atom is -0.504 e. The Morgan fingerprint density at radius 2 is 1.85 bits per heavy atom. The topological polar surface area (TPSA) is 76.5 Å². The number of hydrogen-bond donors (Lipinski definition) is 1. The van der Waals surface area contributed by atoms with Crippen molar-refractivity contribution in [3.63, 3.8) is 0 Å². The molecule has 0 aliphatic heterocycles. The van der Waals surface area contributed by atoms with E-state index in [2.05, 4.69) is 33.8 Å². The molecule has 1 atom stereocenters. The first-order chi connectivity index (χ1) is 18.6. The van der Waals surface area contributed by atoms with Crippen LogP contribution in [0.25, 0.3) is 18.2 Å². The van der Waals surface area contributed by atoms with Crippen LogP contribution in [0.2, 0.25) is 0 Å². The van der Waals surface area contributed by atoms with E-state index in [1.54, 1.807) is 24.3 Å². The highest BCUT2D eigenvalue weighted by Gasteiger charge is 2.27. The van der Waals surface area contributed by atoms with Crippen LogP contribution in [0.4, 0.5) is 0 Å². The molecule has 0 radical (unpaired) electrons. The second-order valence-corrected chi connectivity index (χ2v) is 11.1. The largest absolute Gasteiger partial charge is 0.504 e. The zero-order valence-electron chi connectivity index (χ0n) is 23.5. The van der Waals surface area contributed by atoms with Crippen molar-refractivity contribution in [2.45, 2.75) is 59.3 Å². The fraction of sp³-hybridized carbons (Fsp3) is 0.324. The van der Waals surface area contributed by atoms with Crippen molar-refractivity contribution in [2.75, 3.05) is 7.11 Å². The molecule has 39 heavy (non-hydrogen) atoms. The second kappa shape index (κ2) is 11.8. The number of hydrogen-bond acceptors (Lipinski definition) is 5. The molecule has 2 aliphatic carbocycles. The first-order valence-electron chi connectivity index (χ1n) is 13.5. The van der Waals surface area contributed by atoms with E-state index >= 15 is 0 Å². The standard InChI is InChI=1S/C34H37NO4/c1-22-8-6-10-29-26(22)14-13-25(35-29)21-27(30(36)16-11-24-12-17-32(38)33(20-24)39-5)31(37)18-15-28-23(2)9-7-19-34(28,3)4/h6,10-18,20-22,38H,7-9,19H2,1-5H3/b16-11+,18-15+,27-21-. The van der Waals surface area contributed by atoms with Gasteiger partial charge in [0.15, 0.2) is 23.1 Å². The number of ether oxygens (including phenoxy) is 1. The molecule has 4 rings (SSSR count). The molecular weight excluding hydrogens is 486 g/mol. The van der Waals surface area contributed by atoms with Gasteiger partial charge in [0.25, 0.3) is 0 Å². The van der Waals surface area contributed by atoms with Crippen LogP contribution < -0.4 is 4.74 Å². The van der Waals surface area contributed by atoms with Gasteiger partial charge in [-0.15, -0.1) is 0 Å². The third kappa shape index (κ3) is 6.54. The molecule has 202 valence electrons. The van der Waals surface area contributed by atoms with Crippen LogP contribution in [0.3, 0.4) is 0 Å². The molecule has 0 spiro atoms. The normalized spacial score (nSPS) is 19.0. The quantitative estimate of drug-likeness (QED) is 0.219. The predicted molar refractivity (Wildman–Crippen MR) is 157 cm³/mol. The van der Waals surface area contributed by atoms with Gasteiger partial charge >= 0.3 is 0 Å². The lowest BCUT2D eigenvalue weighted by atomic mass is 9.72. The first-order valence-corrected chi connectivity index (χ1v) is 13.5. The molecule has 0 bridgehead atoms. The molecule has 1 heterocycles. The van der Waals surface area contributed by atoms with Gasteiger partial charge in [0.2, 0.25) is 0 Å². The lowest BCUT2D eigenvalue weighted by Crippen LogP contribution is -2.19. The van der Waals surface area contributed by atoms with Crippen molar-refractivity contribution in [3.8, 4) is 11.5 Å². The molecule has 1 unspecified atom stereocenters. The average Bonchev–Trinajstić information content (AvgIpc) is 2.90. The maximum atomic E-state index is 13.5. The van der Waals surface area contributed by atoms with Crippen LogP contribution in [0.1, 0.15) is 81.8 Å². The third-order valence-corrected chi connectivity index (χ3v) is 7.67. The average molecular weight is 524 g/mol. The van der Waals surface area contributed by atoms with Crippen molar-refractivity contribution in [1.29, 1.82) is 0 Å². The van der Waals surface area contributed by atoms with Gasteiger partial charge in [0.05, 0.1) is 24.1 Å². The maximum Gasteiger partial charge on any atom is 0.189 e. The Bertz CT molecular complexity index is 1440. The van der Waals surface area contributed by atoms with E-state index in [1.807, 2.05) is 24.3 Å². The van der Waals surface area contributed by atoms with Gasteiger partial charge in [-0.1, -0.05) is 56.7 Å². The van der Waals surface area contributed by atoms with E-state index in [4.69, 9.17) is 9.72 Å². The Labute approximate surface area is 231 Å². The minimum atomic E-state index is -0.422. The highest BCUT2D eigenvalue weighted by atomic mass is 16.5. The number of carbonyl (C=O) groups excluding carboxylic acids is 2. The van der Waals surface area contributed by atoms with Crippen LogP contribution >= 0.6 is 0 Å². The summed E-state index contributed by atoms with van der Waals surface area (Å²) in [5.41, 5.74) is 5.72. The Kier molecular flexibility index (Phi) is 8.49. The van der Waals surface area contributed by atoms with Crippen LogP contribution in [0.15, 0.2) is 71.4 Å². The number of allylic oxidation sites excluding steroid dienone is 7. The highest BCUT2D eigenvalue weighted by Crippen LogP contribution is 2.40. The van der Waals surface area contributed by atoms with Crippen molar-refractivity contribution >= 4 is 29.8 Å². The number of aromatic hydroxyl groups is 1. The smallest absolute Gasteiger partial charge is 0.189 e. The van der Waals surface area contributed by atoms with Crippen molar-refractivity contribution < 1.29 is 19.4 Å². The summed E-state index contributed by atoms with van der Waals surface area (Å²) in [5, 5.41) is 9.87. The van der Waals surface area contributed by atoms with Gasteiger partial charge in [-0.25, -0.2) is 4.98 Å². The number of phenolic OH excluding ortho intramolecular Hbond substituents is 1. The van der Waals surface area contributed by atoms with Crippen LogP contribution in [-0.2, 0) is 9.59 Å². The number of methoxy groups -OCH3 is 1. The number of fused-ring (bicyclic) bond motifs is 1. The first kappa shape index (κ1) is 28.0. The maximum absolute atomic E-state index is 13.5. The zero-order valence-corrected chi connectivity index (χ0v) is 23.5. The number of phenols is 1. The molecule has 2 aromatic rings. The van der Waals surface area contributed by atoms with E-state index in [0.29, 0.717) is 22.9 Å². The predicted octanol–water partition coefficient (Wildman–Crippen LogP) is 7.63. The van der Waals surface area contributed by atoms with Crippen molar-refractivity contribution in [1.82, 2.24) is 4.98 Å². The number of nitrogens with zero attached hydrogens (tertiary/aromatic N) is 1.